The van der Waals surface area contributed by atoms with E-state index in [1.807, 2.05) is 50.3 Å². The van der Waals surface area contributed by atoms with E-state index in [0.717, 1.165) is 36.8 Å². The molecule has 0 aliphatic rings. The second-order valence-electron chi connectivity index (χ2n) is 6.51. The van der Waals surface area contributed by atoms with Gasteiger partial charge in [-0.1, -0.05) is 76.4 Å². The number of aliphatic hydroxyl groups excluding tert-OH is 1. The van der Waals surface area contributed by atoms with Crippen LogP contribution in [-0.4, -0.2) is 22.3 Å². The number of carboxylic acid groups (broad SMARTS) is 1. The Hall–Kier alpha value is -1.61. The van der Waals surface area contributed by atoms with Gasteiger partial charge in [0.1, 0.15) is 0 Å². The van der Waals surface area contributed by atoms with E-state index >= 15 is 0 Å². The number of aliphatic hydroxyl groups is 1. The van der Waals surface area contributed by atoms with Crippen molar-refractivity contribution in [1.29, 1.82) is 0 Å². The average molecular weight is 332 g/mol. The van der Waals surface area contributed by atoms with Crippen molar-refractivity contribution in [2.24, 2.45) is 5.41 Å². The molecule has 0 saturated carbocycles. The summed E-state index contributed by atoms with van der Waals surface area (Å²) in [6.45, 7) is 5.86. The van der Waals surface area contributed by atoms with Gasteiger partial charge in [-0.05, 0) is 36.8 Å². The van der Waals surface area contributed by atoms with E-state index in [1.54, 1.807) is 0 Å². The summed E-state index contributed by atoms with van der Waals surface area (Å²) in [5.41, 5.74) is 0.739. The van der Waals surface area contributed by atoms with Crippen molar-refractivity contribution >= 4 is 12.0 Å². The van der Waals surface area contributed by atoms with Crippen molar-refractivity contribution in [1.82, 2.24) is 0 Å². The number of hydrogen-bond donors (Lipinski definition) is 2. The quantitative estimate of drug-likeness (QED) is 0.541. The van der Waals surface area contributed by atoms with Crippen molar-refractivity contribution in [2.75, 3.05) is 0 Å². The van der Waals surface area contributed by atoms with Crippen LogP contribution in [0, 0.1) is 5.41 Å². The zero-order valence-corrected chi connectivity index (χ0v) is 15.3. The Balaban J connectivity index is 3.10. The normalized spacial score (nSPS) is 13.8. The van der Waals surface area contributed by atoms with Crippen molar-refractivity contribution in [3.63, 3.8) is 0 Å². The number of carboxylic acids is 1. The fourth-order valence-corrected chi connectivity index (χ4v) is 3.22. The number of carbonyl (C=O) groups is 1. The largest absolute Gasteiger partial charge is 0.481 e. The van der Waals surface area contributed by atoms with Gasteiger partial charge in [0.05, 0.1) is 11.5 Å². The second-order valence-corrected chi connectivity index (χ2v) is 6.51. The topological polar surface area (TPSA) is 57.5 Å². The van der Waals surface area contributed by atoms with Gasteiger partial charge in [0.25, 0.3) is 0 Å². The van der Waals surface area contributed by atoms with E-state index in [-0.39, 0.29) is 0 Å². The van der Waals surface area contributed by atoms with E-state index < -0.39 is 17.5 Å². The summed E-state index contributed by atoms with van der Waals surface area (Å²) < 4.78 is 0. The Labute approximate surface area is 146 Å². The Morgan fingerprint density at radius 1 is 1.08 bits per heavy atom. The van der Waals surface area contributed by atoms with Gasteiger partial charge in [-0.25, -0.2) is 0 Å². The highest BCUT2D eigenvalue weighted by molar-refractivity contribution is 5.76. The lowest BCUT2D eigenvalue weighted by atomic mass is 9.73. The minimum absolute atomic E-state index is 0.418. The minimum Gasteiger partial charge on any atom is -0.481 e. The maximum atomic E-state index is 11.9. The Morgan fingerprint density at radius 3 is 2.21 bits per heavy atom. The zero-order valence-electron chi connectivity index (χ0n) is 15.3. The molecule has 0 spiro atoms. The van der Waals surface area contributed by atoms with E-state index in [9.17, 15) is 15.0 Å². The number of aliphatic carboxylic acids is 1. The van der Waals surface area contributed by atoms with Crippen LogP contribution in [0.2, 0.25) is 0 Å². The van der Waals surface area contributed by atoms with Crippen LogP contribution in [0.5, 0.6) is 0 Å². The van der Waals surface area contributed by atoms with Gasteiger partial charge < -0.3 is 10.2 Å². The monoisotopic (exact) mass is 332 g/mol. The molecule has 1 atom stereocenters. The molecule has 0 heterocycles. The summed E-state index contributed by atoms with van der Waals surface area (Å²) >= 11 is 0. The van der Waals surface area contributed by atoms with E-state index in [4.69, 9.17) is 0 Å². The fourth-order valence-electron chi connectivity index (χ4n) is 3.22. The first-order chi connectivity index (χ1) is 11.5. The molecular weight excluding hydrogens is 300 g/mol. The number of rotatable bonds is 11. The first kappa shape index (κ1) is 20.4. The van der Waals surface area contributed by atoms with Gasteiger partial charge in [0.2, 0.25) is 0 Å². The van der Waals surface area contributed by atoms with Crippen LogP contribution in [0.3, 0.4) is 0 Å². The zero-order chi connectivity index (χ0) is 18.0. The standard InChI is InChI=1S/C21H32O3/c1-4-7-8-12-15-18(16-17-13-10-9-11-14-17)19(22)21(5-2,6-3)20(23)24/h9-11,13-14,16,19,22H,4-8,12,15H2,1-3H3,(H,23,24). The van der Waals surface area contributed by atoms with Crippen molar-refractivity contribution in [3.05, 3.63) is 41.5 Å². The van der Waals surface area contributed by atoms with Gasteiger partial charge in [0.15, 0.2) is 0 Å². The molecule has 0 bridgehead atoms. The molecule has 0 aliphatic heterocycles. The molecule has 0 fully saturated rings. The van der Waals surface area contributed by atoms with Crippen LogP contribution < -0.4 is 0 Å². The lowest BCUT2D eigenvalue weighted by Gasteiger charge is -2.34. The van der Waals surface area contributed by atoms with Crippen LogP contribution in [0.4, 0.5) is 0 Å². The predicted octanol–water partition coefficient (Wildman–Crippen LogP) is 5.29. The first-order valence-corrected chi connectivity index (χ1v) is 9.18. The van der Waals surface area contributed by atoms with Crippen molar-refractivity contribution < 1.29 is 15.0 Å². The van der Waals surface area contributed by atoms with Gasteiger partial charge in [-0.2, -0.15) is 0 Å². The molecule has 0 aliphatic carbocycles. The highest BCUT2D eigenvalue weighted by Crippen LogP contribution is 2.37. The van der Waals surface area contributed by atoms with Gasteiger partial charge >= 0.3 is 5.97 Å². The van der Waals surface area contributed by atoms with Crippen LogP contribution in [-0.2, 0) is 4.79 Å². The summed E-state index contributed by atoms with van der Waals surface area (Å²) in [5, 5.41) is 20.7. The predicted molar refractivity (Wildman–Crippen MR) is 99.8 cm³/mol. The molecule has 3 heteroatoms. The lowest BCUT2D eigenvalue weighted by Crippen LogP contribution is -2.42. The molecule has 2 N–H and O–H groups in total. The molecule has 1 rings (SSSR count). The summed E-state index contributed by atoms with van der Waals surface area (Å²) in [7, 11) is 0. The number of hydrogen-bond acceptors (Lipinski definition) is 2. The third kappa shape index (κ3) is 5.20. The fraction of sp³-hybridized carbons (Fsp3) is 0.571. The molecule has 1 aromatic carbocycles. The van der Waals surface area contributed by atoms with Crippen molar-refractivity contribution in [2.45, 2.75) is 71.8 Å². The third-order valence-corrected chi connectivity index (χ3v) is 5.03. The Kier molecular flexibility index (Phi) is 8.77. The molecule has 0 saturated heterocycles. The smallest absolute Gasteiger partial charge is 0.312 e. The molecule has 1 aromatic rings. The average Bonchev–Trinajstić information content (AvgIpc) is 2.59. The second kappa shape index (κ2) is 10.3. The summed E-state index contributed by atoms with van der Waals surface area (Å²) in [6, 6.07) is 9.83. The summed E-state index contributed by atoms with van der Waals surface area (Å²) in [5.74, 6) is -0.910. The molecule has 1 unspecified atom stereocenters. The van der Waals surface area contributed by atoms with Gasteiger partial charge in [-0.15, -0.1) is 0 Å². The number of unbranched alkanes of at least 4 members (excludes halogenated alkanes) is 3. The maximum absolute atomic E-state index is 11.9. The Bertz CT molecular complexity index is 515. The summed E-state index contributed by atoms with van der Waals surface area (Å²) in [6.07, 6.45) is 7.00. The SMILES string of the molecule is CCCCCCC(=Cc1ccccc1)C(O)C(CC)(CC)C(=O)O. The van der Waals surface area contributed by atoms with Gasteiger partial charge in [0, 0.05) is 0 Å². The van der Waals surface area contributed by atoms with Crippen LogP contribution in [0.25, 0.3) is 6.08 Å². The van der Waals surface area contributed by atoms with E-state index in [2.05, 4.69) is 6.92 Å². The van der Waals surface area contributed by atoms with Crippen LogP contribution in [0.15, 0.2) is 35.9 Å². The molecule has 0 amide bonds. The van der Waals surface area contributed by atoms with Crippen LogP contribution in [0.1, 0.15) is 71.3 Å². The lowest BCUT2D eigenvalue weighted by molar-refractivity contribution is -0.155. The highest BCUT2D eigenvalue weighted by Gasteiger charge is 2.43. The molecule has 24 heavy (non-hydrogen) atoms. The first-order valence-electron chi connectivity index (χ1n) is 9.18. The minimum atomic E-state index is -1.11. The highest BCUT2D eigenvalue weighted by atomic mass is 16.4. The summed E-state index contributed by atoms with van der Waals surface area (Å²) in [4.78, 5) is 11.9. The molecular formula is C21H32O3. The third-order valence-electron chi connectivity index (χ3n) is 5.03. The molecule has 0 radical (unpaired) electrons. The Morgan fingerprint density at radius 2 is 1.71 bits per heavy atom. The van der Waals surface area contributed by atoms with E-state index in [0.29, 0.717) is 12.8 Å². The van der Waals surface area contributed by atoms with Crippen molar-refractivity contribution in [3.8, 4) is 0 Å². The number of benzene rings is 1. The molecule has 0 aromatic heterocycles. The van der Waals surface area contributed by atoms with Crippen LogP contribution >= 0.6 is 0 Å². The maximum Gasteiger partial charge on any atom is 0.312 e. The molecule has 134 valence electrons. The molecule has 3 nitrogen and oxygen atoms in total. The van der Waals surface area contributed by atoms with Gasteiger partial charge in [-0.3, -0.25) is 4.79 Å². The van der Waals surface area contributed by atoms with E-state index in [1.165, 1.54) is 6.42 Å².